The van der Waals surface area contributed by atoms with E-state index in [-0.39, 0.29) is 5.41 Å². The summed E-state index contributed by atoms with van der Waals surface area (Å²) in [7, 11) is 0. The second-order valence-corrected chi connectivity index (χ2v) is 12.5. The zero-order valence-electron chi connectivity index (χ0n) is 24.0. The molecule has 0 saturated heterocycles. The van der Waals surface area contributed by atoms with Crippen LogP contribution < -0.4 is 0 Å². The van der Waals surface area contributed by atoms with Gasteiger partial charge in [-0.1, -0.05) is 105 Å². The van der Waals surface area contributed by atoms with Gasteiger partial charge in [0, 0.05) is 38.2 Å². The maximum absolute atomic E-state index is 6.24. The summed E-state index contributed by atoms with van der Waals surface area (Å²) >= 11 is 0. The highest BCUT2D eigenvalue weighted by Crippen LogP contribution is 2.53. The molecule has 0 fully saturated rings. The molecule has 43 heavy (non-hydrogen) atoms. The molecule has 0 bridgehead atoms. The highest BCUT2D eigenvalue weighted by molar-refractivity contribution is 6.28. The number of benzene rings is 7. The van der Waals surface area contributed by atoms with Crippen LogP contribution in [0.4, 0.5) is 0 Å². The number of hydrogen-bond acceptors (Lipinski definition) is 1. The summed E-state index contributed by atoms with van der Waals surface area (Å²) in [5, 5.41) is 10.1. The van der Waals surface area contributed by atoms with E-state index in [0.29, 0.717) is 0 Å². The van der Waals surface area contributed by atoms with Crippen molar-refractivity contribution in [2.75, 3.05) is 0 Å². The predicted molar refractivity (Wildman–Crippen MR) is 181 cm³/mol. The lowest BCUT2D eigenvalue weighted by Gasteiger charge is -2.35. The van der Waals surface area contributed by atoms with E-state index in [1.165, 1.54) is 65.6 Å². The molecule has 2 nitrogen and oxygen atoms in total. The van der Waals surface area contributed by atoms with Crippen LogP contribution in [0.2, 0.25) is 0 Å². The SMILES string of the molecule is CC1(C)c2ccccc2-c2c3c1cccc3cc1c3c4ccccc4ccc3n(-c3ccc4oc5ccccc5c4c3)c21. The Labute approximate surface area is 248 Å². The Balaban J connectivity index is 1.48. The molecule has 0 radical (unpaired) electrons. The van der Waals surface area contributed by atoms with Crippen molar-refractivity contribution in [2.24, 2.45) is 0 Å². The van der Waals surface area contributed by atoms with Crippen molar-refractivity contribution in [1.82, 2.24) is 4.57 Å². The van der Waals surface area contributed by atoms with Crippen molar-refractivity contribution >= 4 is 65.3 Å². The fourth-order valence-electron chi connectivity index (χ4n) is 8.01. The molecule has 202 valence electrons. The smallest absolute Gasteiger partial charge is 0.135 e. The van der Waals surface area contributed by atoms with Crippen LogP contribution in [-0.2, 0) is 5.41 Å². The zero-order valence-corrected chi connectivity index (χ0v) is 24.0. The van der Waals surface area contributed by atoms with Crippen molar-refractivity contribution in [2.45, 2.75) is 19.3 Å². The van der Waals surface area contributed by atoms with Gasteiger partial charge in [-0.05, 0) is 74.6 Å². The number of aromatic nitrogens is 1. The third-order valence-corrected chi connectivity index (χ3v) is 9.94. The maximum Gasteiger partial charge on any atom is 0.135 e. The molecule has 7 aromatic carbocycles. The third kappa shape index (κ3) is 2.88. The molecule has 1 aliphatic rings. The van der Waals surface area contributed by atoms with Crippen molar-refractivity contribution < 1.29 is 4.42 Å². The van der Waals surface area contributed by atoms with E-state index in [4.69, 9.17) is 4.42 Å². The highest BCUT2D eigenvalue weighted by Gasteiger charge is 2.35. The van der Waals surface area contributed by atoms with Crippen LogP contribution in [0.15, 0.2) is 132 Å². The number of nitrogens with zero attached hydrogens (tertiary/aromatic N) is 1. The monoisotopic (exact) mass is 549 g/mol. The molecule has 2 heteroatoms. The second-order valence-electron chi connectivity index (χ2n) is 12.5. The van der Waals surface area contributed by atoms with E-state index in [0.717, 1.165) is 27.6 Å². The van der Waals surface area contributed by atoms with E-state index in [1.807, 2.05) is 6.07 Å². The van der Waals surface area contributed by atoms with Gasteiger partial charge in [0.25, 0.3) is 0 Å². The van der Waals surface area contributed by atoms with Gasteiger partial charge in [-0.2, -0.15) is 0 Å². The topological polar surface area (TPSA) is 18.1 Å². The number of rotatable bonds is 1. The molecule has 2 aromatic heterocycles. The summed E-state index contributed by atoms with van der Waals surface area (Å²) in [5.74, 6) is 0. The fourth-order valence-corrected chi connectivity index (χ4v) is 8.01. The molecule has 9 aromatic rings. The average Bonchev–Trinajstić information content (AvgIpc) is 3.58. The van der Waals surface area contributed by atoms with Gasteiger partial charge in [0.1, 0.15) is 11.2 Å². The largest absolute Gasteiger partial charge is 0.456 e. The lowest BCUT2D eigenvalue weighted by atomic mass is 9.68. The van der Waals surface area contributed by atoms with E-state index in [9.17, 15) is 0 Å². The molecule has 1 aliphatic carbocycles. The summed E-state index contributed by atoms with van der Waals surface area (Å²) in [6, 6.07) is 46.7. The molecule has 0 spiro atoms. The van der Waals surface area contributed by atoms with Gasteiger partial charge in [0.05, 0.1) is 11.0 Å². The molecule has 0 saturated carbocycles. The van der Waals surface area contributed by atoms with E-state index < -0.39 is 0 Å². The van der Waals surface area contributed by atoms with Crippen LogP contribution in [0.3, 0.4) is 0 Å². The minimum atomic E-state index is -0.102. The van der Waals surface area contributed by atoms with E-state index in [1.54, 1.807) is 0 Å². The van der Waals surface area contributed by atoms with Gasteiger partial charge < -0.3 is 8.98 Å². The molecular weight excluding hydrogens is 522 g/mol. The summed E-state index contributed by atoms with van der Waals surface area (Å²) in [6.45, 7) is 4.74. The number of furan rings is 1. The first-order valence-corrected chi connectivity index (χ1v) is 15.0. The molecule has 10 rings (SSSR count). The van der Waals surface area contributed by atoms with Crippen LogP contribution in [0.25, 0.3) is 82.1 Å². The van der Waals surface area contributed by atoms with Crippen molar-refractivity contribution in [3.8, 4) is 16.8 Å². The van der Waals surface area contributed by atoms with E-state index >= 15 is 0 Å². The Morgan fingerprint density at radius 3 is 2.21 bits per heavy atom. The summed E-state index contributed by atoms with van der Waals surface area (Å²) < 4.78 is 8.76. The molecule has 2 heterocycles. The summed E-state index contributed by atoms with van der Waals surface area (Å²) in [4.78, 5) is 0. The number of para-hydroxylation sites is 1. The molecule has 0 N–H and O–H groups in total. The minimum Gasteiger partial charge on any atom is -0.456 e. The van der Waals surface area contributed by atoms with Gasteiger partial charge in [-0.3, -0.25) is 0 Å². The molecule has 0 unspecified atom stereocenters. The maximum atomic E-state index is 6.24. The minimum absolute atomic E-state index is 0.102. The molecule has 0 aliphatic heterocycles. The van der Waals surface area contributed by atoms with Gasteiger partial charge in [-0.25, -0.2) is 0 Å². The van der Waals surface area contributed by atoms with Gasteiger partial charge in [0.15, 0.2) is 0 Å². The Bertz CT molecular complexity index is 2650. The van der Waals surface area contributed by atoms with Crippen molar-refractivity contribution in [1.29, 1.82) is 0 Å². The van der Waals surface area contributed by atoms with Crippen LogP contribution in [0.1, 0.15) is 25.0 Å². The Morgan fingerprint density at radius 2 is 1.28 bits per heavy atom. The summed E-state index contributed by atoms with van der Waals surface area (Å²) in [6.07, 6.45) is 0. The molecule has 0 amide bonds. The third-order valence-electron chi connectivity index (χ3n) is 9.94. The van der Waals surface area contributed by atoms with Crippen LogP contribution in [-0.4, -0.2) is 4.57 Å². The summed E-state index contributed by atoms with van der Waals surface area (Å²) in [5.41, 5.74) is 10.8. The normalized spacial score (nSPS) is 14.0. The zero-order chi connectivity index (χ0) is 28.4. The number of fused-ring (bicyclic) bond motifs is 11. The van der Waals surface area contributed by atoms with Crippen LogP contribution in [0, 0.1) is 0 Å². The molecular formula is C41H27NO. The quantitative estimate of drug-likeness (QED) is 0.199. The fraction of sp³-hybridized carbons (Fsp3) is 0.0732. The van der Waals surface area contributed by atoms with Crippen molar-refractivity contribution in [3.63, 3.8) is 0 Å². The first kappa shape index (κ1) is 23.2. The van der Waals surface area contributed by atoms with Gasteiger partial charge >= 0.3 is 0 Å². The number of hydrogen-bond donors (Lipinski definition) is 0. The Kier molecular flexibility index (Phi) is 4.29. The molecule has 0 atom stereocenters. The second kappa shape index (κ2) is 7.93. The Morgan fingerprint density at radius 1 is 0.535 bits per heavy atom. The lowest BCUT2D eigenvalue weighted by Crippen LogP contribution is -2.23. The first-order chi connectivity index (χ1) is 21.1. The van der Waals surface area contributed by atoms with Crippen LogP contribution >= 0.6 is 0 Å². The van der Waals surface area contributed by atoms with Gasteiger partial charge in [-0.15, -0.1) is 0 Å². The first-order valence-electron chi connectivity index (χ1n) is 15.0. The van der Waals surface area contributed by atoms with Crippen LogP contribution in [0.5, 0.6) is 0 Å². The highest BCUT2D eigenvalue weighted by atomic mass is 16.3. The lowest BCUT2D eigenvalue weighted by molar-refractivity contribution is 0.645. The predicted octanol–water partition coefficient (Wildman–Crippen LogP) is 11.3. The van der Waals surface area contributed by atoms with Crippen molar-refractivity contribution in [3.05, 3.63) is 139 Å². The van der Waals surface area contributed by atoms with E-state index in [2.05, 4.69) is 140 Å². The van der Waals surface area contributed by atoms with Gasteiger partial charge in [0.2, 0.25) is 0 Å². The Hall–Kier alpha value is -5.34. The average molecular weight is 550 g/mol. The standard InChI is InChI=1S/C41H27NO/c1-41(2)32-15-7-5-14-29(32)39-37-25(11-9-16-33(37)41)22-31-38-27-12-4-3-10-24(27)18-20-34(38)42(40(31)39)26-19-21-36-30(23-26)28-13-6-8-17-35(28)43-36/h3-23H,1-2H3.